The number of aryl methyl sites for hydroxylation is 1. The smallest absolute Gasteiger partial charge is 0.307 e. The number of rotatable bonds is 12. The van der Waals surface area contributed by atoms with Crippen molar-refractivity contribution in [1.82, 2.24) is 0 Å². The summed E-state index contributed by atoms with van der Waals surface area (Å²) in [5.74, 6) is 1.41. The zero-order valence-electron chi connectivity index (χ0n) is 25.2. The molecule has 0 unspecified atom stereocenters. The van der Waals surface area contributed by atoms with Crippen LogP contribution in [-0.2, 0) is 13.7 Å². The summed E-state index contributed by atoms with van der Waals surface area (Å²) < 4.78 is 54.2. The van der Waals surface area contributed by atoms with Crippen LogP contribution in [0.4, 0.5) is 0 Å². The van der Waals surface area contributed by atoms with Crippen LogP contribution in [0.25, 0.3) is 0 Å². The van der Waals surface area contributed by atoms with Gasteiger partial charge in [-0.15, -0.1) is 0 Å². The molecule has 0 saturated heterocycles. The summed E-state index contributed by atoms with van der Waals surface area (Å²) in [5.41, 5.74) is 0.944. The highest BCUT2D eigenvalue weighted by Crippen LogP contribution is 2.74. The maximum absolute atomic E-state index is 14.3. The molecule has 0 N–H and O–H groups in total. The number of benzene rings is 4. The molecule has 0 heterocycles. The van der Waals surface area contributed by atoms with Gasteiger partial charge in [0.2, 0.25) is 0 Å². The Morgan fingerprint density at radius 1 is 0.548 bits per heavy atom. The third kappa shape index (κ3) is 7.12. The highest BCUT2D eigenvalue weighted by molar-refractivity contribution is 8.33. The first kappa shape index (κ1) is 31.5. The van der Waals surface area contributed by atoms with Crippen molar-refractivity contribution in [2.75, 3.05) is 0 Å². The molecule has 0 atom stereocenters. The average molecular weight is 609 g/mol. The lowest BCUT2D eigenvalue weighted by atomic mass is 10.2. The second-order valence-corrected chi connectivity index (χ2v) is 15.2. The van der Waals surface area contributed by atoms with Crippen molar-refractivity contribution >= 4 is 20.4 Å². The largest absolute Gasteiger partial charge is 0.491 e. The summed E-state index contributed by atoms with van der Waals surface area (Å²) in [4.78, 5) is 1.92. The number of ether oxygens (including phenoxy) is 3. The molecule has 224 valence electrons. The fourth-order valence-electron chi connectivity index (χ4n) is 4.45. The monoisotopic (exact) mass is 608 g/mol. The zero-order valence-corrected chi connectivity index (χ0v) is 26.9. The van der Waals surface area contributed by atoms with Crippen LogP contribution in [0, 0.1) is 6.92 Å². The van der Waals surface area contributed by atoms with E-state index in [1.54, 1.807) is 36.4 Å². The normalized spacial score (nSPS) is 12.5. The second kappa shape index (κ2) is 13.2. The fourth-order valence-corrected chi connectivity index (χ4v) is 9.81. The molecule has 0 saturated carbocycles. The first-order valence-electron chi connectivity index (χ1n) is 14.1. The summed E-state index contributed by atoms with van der Waals surface area (Å²) in [6.45, 7) is 13.5. The maximum atomic E-state index is 14.3. The van der Waals surface area contributed by atoms with Crippen molar-refractivity contribution in [1.29, 1.82) is 0 Å². The molecule has 4 aromatic rings. The average Bonchev–Trinajstić information content (AvgIpc) is 2.92. The molecule has 0 fully saturated rings. The van der Waals surface area contributed by atoms with Gasteiger partial charge in [0.05, 0.1) is 23.2 Å². The van der Waals surface area contributed by atoms with E-state index in [0.717, 1.165) is 5.56 Å². The molecule has 4 aromatic carbocycles. The lowest BCUT2D eigenvalue weighted by Gasteiger charge is -2.41. The third-order valence-corrected chi connectivity index (χ3v) is 11.3. The van der Waals surface area contributed by atoms with Crippen molar-refractivity contribution in [2.45, 2.75) is 86.4 Å². The van der Waals surface area contributed by atoms with Gasteiger partial charge in [-0.1, -0.05) is 54.1 Å². The molecule has 0 aromatic heterocycles. The Kier molecular flexibility index (Phi) is 9.92. The molecular formula is C34H40O6S2. The van der Waals surface area contributed by atoms with Gasteiger partial charge in [0.1, 0.15) is 22.1 Å². The van der Waals surface area contributed by atoms with E-state index in [9.17, 15) is 8.42 Å². The van der Waals surface area contributed by atoms with Gasteiger partial charge in [-0.05, 0) is 95.2 Å². The number of hydrogen-bond acceptors (Lipinski definition) is 6. The van der Waals surface area contributed by atoms with Crippen LogP contribution in [0.3, 0.4) is 0 Å². The van der Waals surface area contributed by atoms with Crippen LogP contribution in [0.5, 0.6) is 17.2 Å². The van der Waals surface area contributed by atoms with Crippen LogP contribution in [-0.4, -0.2) is 26.7 Å². The Hall–Kier alpha value is -3.46. The molecule has 0 aliphatic rings. The Labute approximate surface area is 252 Å². The molecule has 0 radical (unpaired) electrons. The standard InChI is InChI=1S/C34H40O6S2/c1-24(2)37-28-22-32(38-25(3)4)34(33(23-28)39-26(5)6)41(29-14-10-8-11-15-29,30-16-12-9-13-17-30)40-42(35,36)31-20-18-27(7)19-21-31/h8-26H,1-7H3. The van der Waals surface area contributed by atoms with Gasteiger partial charge in [0, 0.05) is 21.9 Å². The minimum atomic E-state index is -4.30. The lowest BCUT2D eigenvalue weighted by Crippen LogP contribution is -2.19. The molecule has 4 rings (SSSR count). The molecule has 0 aliphatic carbocycles. The van der Waals surface area contributed by atoms with E-state index in [2.05, 4.69) is 0 Å². The SMILES string of the molecule is Cc1ccc(S(=O)(=O)OS(c2ccccc2)(c2ccccc2)c2c(OC(C)C)cc(OC(C)C)cc2OC(C)C)cc1. The van der Waals surface area contributed by atoms with Crippen molar-refractivity contribution in [3.05, 3.63) is 103 Å². The zero-order chi connectivity index (χ0) is 30.5. The van der Waals surface area contributed by atoms with Crippen LogP contribution in [0.1, 0.15) is 47.1 Å². The van der Waals surface area contributed by atoms with E-state index in [1.165, 1.54) is 0 Å². The first-order chi connectivity index (χ1) is 19.9. The molecule has 0 amide bonds. The van der Waals surface area contributed by atoms with Gasteiger partial charge < -0.3 is 14.2 Å². The van der Waals surface area contributed by atoms with Crippen LogP contribution >= 0.6 is 10.3 Å². The molecule has 0 spiro atoms. The third-order valence-electron chi connectivity index (χ3n) is 6.03. The van der Waals surface area contributed by atoms with Gasteiger partial charge in [0.25, 0.3) is 0 Å². The Bertz CT molecular complexity index is 1500. The Morgan fingerprint density at radius 2 is 0.976 bits per heavy atom. The first-order valence-corrected chi connectivity index (χ1v) is 17.0. The van der Waals surface area contributed by atoms with Gasteiger partial charge in [-0.2, -0.15) is 8.42 Å². The summed E-state index contributed by atoms with van der Waals surface area (Å²) in [6, 6.07) is 29.1. The lowest BCUT2D eigenvalue weighted by molar-refractivity contribution is 0.207. The van der Waals surface area contributed by atoms with E-state index in [0.29, 0.717) is 31.9 Å². The summed E-state index contributed by atoms with van der Waals surface area (Å²) in [6.07, 6.45) is -0.572. The quantitative estimate of drug-likeness (QED) is 0.160. The fraction of sp³-hybridized carbons (Fsp3) is 0.294. The Balaban J connectivity index is 2.17. The van der Waals surface area contributed by atoms with E-state index in [-0.39, 0.29) is 23.2 Å². The highest BCUT2D eigenvalue weighted by atomic mass is 32.3. The topological polar surface area (TPSA) is 71.1 Å². The molecule has 42 heavy (non-hydrogen) atoms. The molecule has 6 nitrogen and oxygen atoms in total. The van der Waals surface area contributed by atoms with Gasteiger partial charge in [0.15, 0.2) is 0 Å². The van der Waals surface area contributed by atoms with Crippen molar-refractivity contribution < 1.29 is 26.3 Å². The molecular weight excluding hydrogens is 569 g/mol. The van der Waals surface area contributed by atoms with Gasteiger partial charge >= 0.3 is 10.1 Å². The summed E-state index contributed by atoms with van der Waals surface area (Å²) in [7, 11) is -7.34. The predicted octanol–water partition coefficient (Wildman–Crippen LogP) is 8.96. The number of hydrogen-bond donors (Lipinski definition) is 0. The van der Waals surface area contributed by atoms with Crippen molar-refractivity contribution in [3.8, 4) is 17.2 Å². The molecule has 8 heteroatoms. The second-order valence-electron chi connectivity index (χ2n) is 10.8. The predicted molar refractivity (Wildman–Crippen MR) is 168 cm³/mol. The van der Waals surface area contributed by atoms with E-state index in [4.69, 9.17) is 17.8 Å². The summed E-state index contributed by atoms with van der Waals surface area (Å²) in [5, 5.41) is 0. The van der Waals surface area contributed by atoms with Crippen molar-refractivity contribution in [3.63, 3.8) is 0 Å². The molecule has 0 bridgehead atoms. The van der Waals surface area contributed by atoms with E-state index >= 15 is 0 Å². The van der Waals surface area contributed by atoms with E-state index in [1.807, 2.05) is 109 Å². The van der Waals surface area contributed by atoms with Crippen LogP contribution in [0.15, 0.2) is 117 Å². The minimum absolute atomic E-state index is 0.0641. The van der Waals surface area contributed by atoms with Crippen molar-refractivity contribution in [2.24, 2.45) is 0 Å². The van der Waals surface area contributed by atoms with E-state index < -0.39 is 20.4 Å². The van der Waals surface area contributed by atoms with Gasteiger partial charge in [-0.25, -0.2) is 3.63 Å². The minimum Gasteiger partial charge on any atom is -0.491 e. The van der Waals surface area contributed by atoms with Gasteiger partial charge in [-0.3, -0.25) is 0 Å². The summed E-state index contributed by atoms with van der Waals surface area (Å²) >= 11 is 0. The van der Waals surface area contributed by atoms with Crippen LogP contribution < -0.4 is 14.2 Å². The molecule has 0 aliphatic heterocycles. The Morgan fingerprint density at radius 3 is 1.38 bits per heavy atom. The highest BCUT2D eigenvalue weighted by Gasteiger charge is 2.43. The maximum Gasteiger partial charge on any atom is 0.307 e. The van der Waals surface area contributed by atoms with Crippen LogP contribution in [0.2, 0.25) is 0 Å².